The first kappa shape index (κ1) is 18.9. The number of rotatable bonds is 4. The lowest BCUT2D eigenvalue weighted by atomic mass is 9.95. The van der Waals surface area contributed by atoms with E-state index in [0.29, 0.717) is 5.92 Å². The predicted molar refractivity (Wildman–Crippen MR) is 107 cm³/mol. The molecule has 1 amide bonds. The van der Waals surface area contributed by atoms with Gasteiger partial charge in [-0.05, 0) is 18.9 Å². The summed E-state index contributed by atoms with van der Waals surface area (Å²) in [4.78, 5) is 25.5. The second kappa shape index (κ2) is 8.27. The Labute approximate surface area is 166 Å². The third kappa shape index (κ3) is 4.02. The highest BCUT2D eigenvalue weighted by Crippen LogP contribution is 2.28. The van der Waals surface area contributed by atoms with Crippen molar-refractivity contribution in [1.82, 2.24) is 19.8 Å². The molecule has 2 aliphatic rings. The molecular formula is C22H28N4O2. The van der Waals surface area contributed by atoms with Crippen molar-refractivity contribution in [2.24, 2.45) is 0 Å². The average Bonchev–Trinajstić information content (AvgIpc) is 2.74. The van der Waals surface area contributed by atoms with Crippen molar-refractivity contribution in [3.05, 3.63) is 53.1 Å². The normalized spacial score (nSPS) is 18.0. The molecule has 4 rings (SSSR count). The first-order valence-corrected chi connectivity index (χ1v) is 10.1. The largest absolute Gasteiger partial charge is 0.496 e. The molecule has 0 N–H and O–H groups in total. The fourth-order valence-corrected chi connectivity index (χ4v) is 4.25. The maximum atomic E-state index is 11.5. The van der Waals surface area contributed by atoms with Gasteiger partial charge in [0.05, 0.1) is 7.11 Å². The van der Waals surface area contributed by atoms with Crippen LogP contribution in [-0.4, -0.2) is 52.4 Å². The minimum absolute atomic E-state index is 0.167. The number of amides is 1. The molecular weight excluding hydrogens is 352 g/mol. The fourth-order valence-electron chi connectivity index (χ4n) is 4.25. The number of aromatic nitrogens is 2. The lowest BCUT2D eigenvalue weighted by molar-refractivity contribution is -0.129. The van der Waals surface area contributed by atoms with Gasteiger partial charge in [-0.1, -0.05) is 18.2 Å². The van der Waals surface area contributed by atoms with Crippen molar-refractivity contribution >= 4 is 5.91 Å². The zero-order valence-electron chi connectivity index (χ0n) is 16.7. The molecule has 0 saturated carbocycles. The molecule has 0 bridgehead atoms. The number of methoxy groups -OCH3 is 1. The highest BCUT2D eigenvalue weighted by atomic mass is 16.5. The smallest absolute Gasteiger partial charge is 0.219 e. The Hall–Kier alpha value is -2.47. The minimum Gasteiger partial charge on any atom is -0.496 e. The van der Waals surface area contributed by atoms with E-state index in [-0.39, 0.29) is 5.91 Å². The van der Waals surface area contributed by atoms with Gasteiger partial charge in [-0.25, -0.2) is 9.97 Å². The third-order valence-electron chi connectivity index (χ3n) is 5.92. The van der Waals surface area contributed by atoms with Gasteiger partial charge < -0.3 is 9.64 Å². The van der Waals surface area contributed by atoms with E-state index in [4.69, 9.17) is 14.7 Å². The van der Waals surface area contributed by atoms with Crippen molar-refractivity contribution in [1.29, 1.82) is 0 Å². The maximum Gasteiger partial charge on any atom is 0.219 e. The van der Waals surface area contributed by atoms with E-state index in [2.05, 4.69) is 17.0 Å². The highest BCUT2D eigenvalue weighted by Gasteiger charge is 2.26. The molecule has 0 atom stereocenters. The van der Waals surface area contributed by atoms with Gasteiger partial charge >= 0.3 is 0 Å². The van der Waals surface area contributed by atoms with E-state index in [1.165, 1.54) is 16.8 Å². The average molecular weight is 380 g/mol. The summed E-state index contributed by atoms with van der Waals surface area (Å²) in [5.41, 5.74) is 3.63. The van der Waals surface area contributed by atoms with Gasteiger partial charge in [-0.15, -0.1) is 0 Å². The number of hydrogen-bond donors (Lipinski definition) is 0. The van der Waals surface area contributed by atoms with Crippen molar-refractivity contribution < 1.29 is 9.53 Å². The number of fused-ring (bicyclic) bond motifs is 1. The summed E-state index contributed by atoms with van der Waals surface area (Å²) >= 11 is 0. The van der Waals surface area contributed by atoms with Crippen LogP contribution in [0.2, 0.25) is 0 Å². The van der Waals surface area contributed by atoms with E-state index in [0.717, 1.165) is 63.6 Å². The van der Waals surface area contributed by atoms with Crippen LogP contribution in [0.25, 0.3) is 0 Å². The van der Waals surface area contributed by atoms with Crippen LogP contribution in [0.15, 0.2) is 30.5 Å². The first-order chi connectivity index (χ1) is 13.6. The molecule has 1 fully saturated rings. The second-order valence-electron chi connectivity index (χ2n) is 7.75. The van der Waals surface area contributed by atoms with Crippen LogP contribution in [0.4, 0.5) is 0 Å². The van der Waals surface area contributed by atoms with Crippen molar-refractivity contribution in [2.75, 3.05) is 26.7 Å². The van der Waals surface area contributed by atoms with Crippen molar-refractivity contribution in [3.63, 3.8) is 0 Å². The zero-order chi connectivity index (χ0) is 19.5. The van der Waals surface area contributed by atoms with Gasteiger partial charge in [0.15, 0.2) is 0 Å². The van der Waals surface area contributed by atoms with Gasteiger partial charge in [0, 0.05) is 75.0 Å². The second-order valence-corrected chi connectivity index (χ2v) is 7.75. The molecule has 0 unspecified atom stereocenters. The molecule has 0 radical (unpaired) electrons. The lowest BCUT2D eigenvalue weighted by Gasteiger charge is -2.32. The van der Waals surface area contributed by atoms with Crippen LogP contribution in [-0.2, 0) is 24.3 Å². The number of carbonyl (C=O) groups is 1. The Bertz CT molecular complexity index is 846. The van der Waals surface area contributed by atoms with E-state index in [1.54, 1.807) is 14.0 Å². The molecule has 1 aromatic heterocycles. The standard InChI is InChI=1S/C22H28N4O2/c1-16(27)26-11-7-17(8-12-26)22-23-13-19-15-25(10-9-20(19)24-22)14-18-5-3-4-6-21(18)28-2/h3-6,13,17H,7-12,14-15H2,1-2H3. The number of hydrogen-bond acceptors (Lipinski definition) is 5. The molecule has 28 heavy (non-hydrogen) atoms. The number of likely N-dealkylation sites (tertiary alicyclic amines) is 1. The van der Waals surface area contributed by atoms with E-state index in [1.807, 2.05) is 23.2 Å². The Morgan fingerprint density at radius 2 is 2.00 bits per heavy atom. The van der Waals surface area contributed by atoms with Gasteiger partial charge in [0.2, 0.25) is 5.91 Å². The first-order valence-electron chi connectivity index (χ1n) is 10.1. The topological polar surface area (TPSA) is 58.6 Å². The summed E-state index contributed by atoms with van der Waals surface area (Å²) in [6, 6.07) is 8.20. The molecule has 3 heterocycles. The van der Waals surface area contributed by atoms with Crippen LogP contribution in [0.3, 0.4) is 0 Å². The van der Waals surface area contributed by atoms with Gasteiger partial charge in [-0.3, -0.25) is 9.69 Å². The fraction of sp³-hybridized carbons (Fsp3) is 0.500. The summed E-state index contributed by atoms with van der Waals surface area (Å²) in [6.45, 7) is 6.00. The van der Waals surface area contributed by atoms with E-state index in [9.17, 15) is 4.79 Å². The molecule has 0 spiro atoms. The summed E-state index contributed by atoms with van der Waals surface area (Å²) in [5.74, 6) is 2.43. The number of para-hydroxylation sites is 1. The van der Waals surface area contributed by atoms with Crippen LogP contribution in [0.5, 0.6) is 5.75 Å². The van der Waals surface area contributed by atoms with Crippen molar-refractivity contribution in [3.8, 4) is 5.75 Å². The predicted octanol–water partition coefficient (Wildman–Crippen LogP) is 2.77. The van der Waals surface area contributed by atoms with Crippen molar-refractivity contribution in [2.45, 2.75) is 45.2 Å². The van der Waals surface area contributed by atoms with E-state index >= 15 is 0 Å². The van der Waals surface area contributed by atoms with Crippen LogP contribution in [0, 0.1) is 0 Å². The highest BCUT2D eigenvalue weighted by molar-refractivity contribution is 5.73. The maximum absolute atomic E-state index is 11.5. The zero-order valence-corrected chi connectivity index (χ0v) is 16.7. The van der Waals surface area contributed by atoms with Gasteiger partial charge in [-0.2, -0.15) is 0 Å². The third-order valence-corrected chi connectivity index (χ3v) is 5.92. The molecule has 2 aliphatic heterocycles. The molecule has 0 aliphatic carbocycles. The monoisotopic (exact) mass is 380 g/mol. The molecule has 1 aromatic carbocycles. The Morgan fingerprint density at radius 3 is 2.75 bits per heavy atom. The Kier molecular flexibility index (Phi) is 5.57. The molecule has 6 heteroatoms. The Balaban J connectivity index is 1.41. The molecule has 148 valence electrons. The summed E-state index contributed by atoms with van der Waals surface area (Å²) in [6.07, 6.45) is 4.88. The lowest BCUT2D eigenvalue weighted by Crippen LogP contribution is -2.37. The van der Waals surface area contributed by atoms with Crippen LogP contribution in [0.1, 0.15) is 48.3 Å². The summed E-state index contributed by atoms with van der Waals surface area (Å²) in [7, 11) is 1.72. The molecule has 2 aromatic rings. The number of benzene rings is 1. The van der Waals surface area contributed by atoms with Gasteiger partial charge in [0.25, 0.3) is 0 Å². The van der Waals surface area contributed by atoms with E-state index < -0.39 is 0 Å². The quantitative estimate of drug-likeness (QED) is 0.816. The minimum atomic E-state index is 0.167. The van der Waals surface area contributed by atoms with Crippen LogP contribution < -0.4 is 4.74 Å². The number of ether oxygens (including phenoxy) is 1. The number of nitrogens with zero attached hydrogens (tertiary/aromatic N) is 4. The Morgan fingerprint density at radius 1 is 1.21 bits per heavy atom. The van der Waals surface area contributed by atoms with Gasteiger partial charge in [0.1, 0.15) is 11.6 Å². The number of piperidine rings is 1. The van der Waals surface area contributed by atoms with Crippen LogP contribution >= 0.6 is 0 Å². The molecule has 1 saturated heterocycles. The summed E-state index contributed by atoms with van der Waals surface area (Å²) in [5, 5.41) is 0. The molecule has 6 nitrogen and oxygen atoms in total. The SMILES string of the molecule is COc1ccccc1CN1CCc2nc(C3CCN(C(C)=O)CC3)ncc2C1. The summed E-state index contributed by atoms with van der Waals surface area (Å²) < 4.78 is 5.49. The number of carbonyl (C=O) groups excluding carboxylic acids is 1.